The fourth-order valence-corrected chi connectivity index (χ4v) is 2.76. The summed E-state index contributed by atoms with van der Waals surface area (Å²) in [6, 6.07) is 6.29. The van der Waals surface area contributed by atoms with Gasteiger partial charge in [-0.2, -0.15) is 0 Å². The Labute approximate surface area is 111 Å². The fourth-order valence-electron chi connectivity index (χ4n) is 1.66. The molecule has 1 aromatic carbocycles. The second-order valence-corrected chi connectivity index (χ2v) is 5.48. The average molecular weight is 267 g/mol. The Balaban J connectivity index is 2.27. The molecule has 2 rings (SSSR count). The van der Waals surface area contributed by atoms with Gasteiger partial charge in [0.1, 0.15) is 10.0 Å². The zero-order valence-corrected chi connectivity index (χ0v) is 11.6. The van der Waals surface area contributed by atoms with Gasteiger partial charge < -0.3 is 0 Å². The molecule has 0 amide bonds. The van der Waals surface area contributed by atoms with Gasteiger partial charge in [0.05, 0.1) is 0 Å². The minimum absolute atomic E-state index is 0.679. The van der Waals surface area contributed by atoms with Crippen molar-refractivity contribution in [2.45, 2.75) is 26.7 Å². The van der Waals surface area contributed by atoms with E-state index in [0.717, 1.165) is 22.9 Å². The summed E-state index contributed by atoms with van der Waals surface area (Å²) in [6.07, 6.45) is 1.88. The zero-order chi connectivity index (χ0) is 12.3. The standard InChI is InChI=1S/C13H15ClN2S/c1-9-5-3-6-11(10(9)2)13-16-15-12(17-13)7-4-8-14/h3,5-6H,4,7-8H2,1-2H3. The lowest BCUT2D eigenvalue weighted by molar-refractivity contribution is 0.884. The number of halogens is 1. The second kappa shape index (κ2) is 5.61. The largest absolute Gasteiger partial charge is 0.148 e. The van der Waals surface area contributed by atoms with E-state index in [9.17, 15) is 0 Å². The lowest BCUT2D eigenvalue weighted by Gasteiger charge is -2.04. The lowest BCUT2D eigenvalue weighted by Crippen LogP contribution is -1.86. The van der Waals surface area contributed by atoms with E-state index in [4.69, 9.17) is 11.6 Å². The highest BCUT2D eigenvalue weighted by Gasteiger charge is 2.09. The molecule has 0 aliphatic carbocycles. The van der Waals surface area contributed by atoms with Crippen molar-refractivity contribution < 1.29 is 0 Å². The van der Waals surface area contributed by atoms with Gasteiger partial charge in [0.25, 0.3) is 0 Å². The number of rotatable bonds is 4. The third kappa shape index (κ3) is 2.85. The maximum Gasteiger partial charge on any atom is 0.148 e. The first-order valence-electron chi connectivity index (χ1n) is 5.67. The van der Waals surface area contributed by atoms with E-state index >= 15 is 0 Å². The highest BCUT2D eigenvalue weighted by Crippen LogP contribution is 2.28. The summed E-state index contributed by atoms with van der Waals surface area (Å²) in [4.78, 5) is 0. The van der Waals surface area contributed by atoms with Crippen molar-refractivity contribution >= 4 is 22.9 Å². The summed E-state index contributed by atoms with van der Waals surface area (Å²) in [5, 5.41) is 10.6. The molecule has 0 aliphatic heterocycles. The molecule has 0 saturated heterocycles. The van der Waals surface area contributed by atoms with Gasteiger partial charge in [-0.25, -0.2) is 0 Å². The van der Waals surface area contributed by atoms with Crippen LogP contribution in [0.3, 0.4) is 0 Å². The molecule has 2 nitrogen and oxygen atoms in total. The van der Waals surface area contributed by atoms with Crippen molar-refractivity contribution in [2.24, 2.45) is 0 Å². The molecule has 90 valence electrons. The summed E-state index contributed by atoms with van der Waals surface area (Å²) in [6.45, 7) is 4.25. The van der Waals surface area contributed by atoms with Crippen molar-refractivity contribution in [2.75, 3.05) is 5.88 Å². The van der Waals surface area contributed by atoms with E-state index in [2.05, 4.69) is 42.2 Å². The molecular formula is C13H15ClN2S. The summed E-state index contributed by atoms with van der Waals surface area (Å²) in [5.41, 5.74) is 3.77. The molecule has 1 heterocycles. The van der Waals surface area contributed by atoms with Gasteiger partial charge in [-0.15, -0.1) is 21.8 Å². The quantitative estimate of drug-likeness (QED) is 0.782. The minimum Gasteiger partial charge on any atom is -0.143 e. The van der Waals surface area contributed by atoms with Gasteiger partial charge in [0, 0.05) is 17.9 Å². The van der Waals surface area contributed by atoms with Gasteiger partial charge in [0.2, 0.25) is 0 Å². The van der Waals surface area contributed by atoms with E-state index in [1.807, 2.05) is 0 Å². The number of nitrogens with zero attached hydrogens (tertiary/aromatic N) is 2. The van der Waals surface area contributed by atoms with Crippen LogP contribution in [0.4, 0.5) is 0 Å². The summed E-state index contributed by atoms with van der Waals surface area (Å²) < 4.78 is 0. The molecule has 17 heavy (non-hydrogen) atoms. The van der Waals surface area contributed by atoms with Crippen LogP contribution in [0, 0.1) is 13.8 Å². The molecule has 0 aliphatic rings. The molecule has 0 bridgehead atoms. The van der Waals surface area contributed by atoms with E-state index in [0.29, 0.717) is 5.88 Å². The second-order valence-electron chi connectivity index (χ2n) is 4.04. The van der Waals surface area contributed by atoms with E-state index in [-0.39, 0.29) is 0 Å². The Morgan fingerprint density at radius 3 is 2.82 bits per heavy atom. The molecule has 0 spiro atoms. The molecule has 0 saturated carbocycles. The molecule has 0 unspecified atom stereocenters. The summed E-state index contributed by atoms with van der Waals surface area (Å²) in [7, 11) is 0. The molecule has 1 aromatic heterocycles. The minimum atomic E-state index is 0.679. The molecular weight excluding hydrogens is 252 g/mol. The highest BCUT2D eigenvalue weighted by atomic mass is 35.5. The maximum atomic E-state index is 5.68. The first kappa shape index (κ1) is 12.5. The molecule has 0 N–H and O–H groups in total. The molecule has 0 radical (unpaired) electrons. The van der Waals surface area contributed by atoms with Crippen molar-refractivity contribution in [3.8, 4) is 10.6 Å². The van der Waals surface area contributed by atoms with Crippen LogP contribution in [0.25, 0.3) is 10.6 Å². The Kier molecular flexibility index (Phi) is 4.13. The van der Waals surface area contributed by atoms with Crippen LogP contribution in [0.15, 0.2) is 18.2 Å². The van der Waals surface area contributed by atoms with Gasteiger partial charge in [-0.1, -0.05) is 29.5 Å². The van der Waals surface area contributed by atoms with Crippen LogP contribution >= 0.6 is 22.9 Å². The fraction of sp³-hybridized carbons (Fsp3) is 0.385. The van der Waals surface area contributed by atoms with Gasteiger partial charge in [0.15, 0.2) is 0 Å². The van der Waals surface area contributed by atoms with Crippen LogP contribution in [0.2, 0.25) is 0 Å². The highest BCUT2D eigenvalue weighted by molar-refractivity contribution is 7.14. The average Bonchev–Trinajstić information content (AvgIpc) is 2.78. The Bertz CT molecular complexity index is 508. The number of hydrogen-bond acceptors (Lipinski definition) is 3. The van der Waals surface area contributed by atoms with E-state index < -0.39 is 0 Å². The van der Waals surface area contributed by atoms with Crippen LogP contribution in [-0.4, -0.2) is 16.1 Å². The van der Waals surface area contributed by atoms with Gasteiger partial charge in [-0.3, -0.25) is 0 Å². The van der Waals surface area contributed by atoms with Gasteiger partial charge >= 0.3 is 0 Å². The third-order valence-corrected chi connectivity index (χ3v) is 4.11. The SMILES string of the molecule is Cc1cccc(-c2nnc(CCCCl)s2)c1C. The van der Waals surface area contributed by atoms with Crippen LogP contribution in [0.5, 0.6) is 0 Å². The number of aromatic nitrogens is 2. The van der Waals surface area contributed by atoms with Crippen molar-refractivity contribution in [1.29, 1.82) is 0 Å². The summed E-state index contributed by atoms with van der Waals surface area (Å²) >= 11 is 7.35. The Hall–Kier alpha value is -0.930. The van der Waals surface area contributed by atoms with Crippen molar-refractivity contribution in [3.63, 3.8) is 0 Å². The van der Waals surface area contributed by atoms with Crippen molar-refractivity contribution in [1.82, 2.24) is 10.2 Å². The predicted octanol–water partition coefficient (Wildman–Crippen LogP) is 3.99. The first-order chi connectivity index (χ1) is 8.22. The molecule has 0 atom stereocenters. The van der Waals surface area contributed by atoms with Crippen LogP contribution < -0.4 is 0 Å². The van der Waals surface area contributed by atoms with Gasteiger partial charge in [-0.05, 0) is 31.4 Å². The van der Waals surface area contributed by atoms with E-state index in [1.165, 1.54) is 16.7 Å². The van der Waals surface area contributed by atoms with Crippen LogP contribution in [-0.2, 0) is 6.42 Å². The number of benzene rings is 1. The topological polar surface area (TPSA) is 25.8 Å². The number of hydrogen-bond donors (Lipinski definition) is 0. The zero-order valence-electron chi connectivity index (χ0n) is 10.0. The smallest absolute Gasteiger partial charge is 0.143 e. The van der Waals surface area contributed by atoms with Crippen molar-refractivity contribution in [3.05, 3.63) is 34.3 Å². The monoisotopic (exact) mass is 266 g/mol. The summed E-state index contributed by atoms with van der Waals surface area (Å²) in [5.74, 6) is 0.679. The first-order valence-corrected chi connectivity index (χ1v) is 7.02. The maximum absolute atomic E-state index is 5.68. The van der Waals surface area contributed by atoms with Crippen LogP contribution in [0.1, 0.15) is 22.6 Å². The molecule has 4 heteroatoms. The molecule has 2 aromatic rings. The lowest BCUT2D eigenvalue weighted by atomic mass is 10.0. The number of aryl methyl sites for hydroxylation is 2. The number of alkyl halides is 1. The van der Waals surface area contributed by atoms with E-state index in [1.54, 1.807) is 11.3 Å². The molecule has 0 fully saturated rings. The normalized spacial score (nSPS) is 10.8. The Morgan fingerprint density at radius 2 is 2.06 bits per heavy atom. The Morgan fingerprint density at radius 1 is 1.24 bits per heavy atom. The predicted molar refractivity (Wildman–Crippen MR) is 73.9 cm³/mol. The third-order valence-electron chi connectivity index (χ3n) is 2.83.